The summed E-state index contributed by atoms with van der Waals surface area (Å²) in [4.78, 5) is 7.97. The number of fused-ring (bicyclic) bond motifs is 1. The second-order valence-electron chi connectivity index (χ2n) is 2.89. The van der Waals surface area contributed by atoms with Crippen molar-refractivity contribution in [2.24, 2.45) is 0 Å². The first-order valence-corrected chi connectivity index (χ1v) is 4.24. The van der Waals surface area contributed by atoms with Crippen LogP contribution >= 0.6 is 0 Å². The Morgan fingerprint density at radius 3 is 2.64 bits per heavy atom. The summed E-state index contributed by atoms with van der Waals surface area (Å²) < 4.78 is 10.4. The largest absolute Gasteiger partial charge is 0.357 e. The Balaban J connectivity index is 2.25. The Morgan fingerprint density at radius 2 is 1.93 bits per heavy atom. The summed E-state index contributed by atoms with van der Waals surface area (Å²) in [6.07, 6.45) is 2.68. The van der Waals surface area contributed by atoms with Crippen LogP contribution in [0.1, 0.15) is 0 Å². The molecule has 0 fully saturated rings. The molecule has 6 nitrogen and oxygen atoms in total. The van der Waals surface area contributed by atoms with Crippen molar-refractivity contribution >= 4 is 11.5 Å². The van der Waals surface area contributed by atoms with Crippen LogP contribution in [0.4, 0.5) is 11.5 Å². The van der Waals surface area contributed by atoms with Crippen LogP contribution < -0.4 is 10.6 Å². The zero-order valence-electron chi connectivity index (χ0n) is 8.02. The van der Waals surface area contributed by atoms with Gasteiger partial charge in [0.1, 0.15) is 6.33 Å². The molecule has 14 heavy (non-hydrogen) atoms. The van der Waals surface area contributed by atoms with E-state index in [9.17, 15) is 0 Å². The molecule has 2 unspecified atom stereocenters. The van der Waals surface area contributed by atoms with Crippen molar-refractivity contribution in [3.63, 3.8) is 0 Å². The van der Waals surface area contributed by atoms with E-state index in [1.165, 1.54) is 6.33 Å². The van der Waals surface area contributed by atoms with Crippen LogP contribution in [0, 0.1) is 0 Å². The molecule has 76 valence electrons. The topological polar surface area (TPSA) is 68.3 Å². The molecule has 0 spiro atoms. The first kappa shape index (κ1) is 9.17. The lowest BCUT2D eigenvalue weighted by atomic mass is 10.3. The van der Waals surface area contributed by atoms with Crippen molar-refractivity contribution in [1.29, 1.82) is 0 Å². The summed E-state index contributed by atoms with van der Waals surface area (Å²) in [5, 5.41) is 6.20. The van der Waals surface area contributed by atoms with E-state index in [0.717, 1.165) is 11.5 Å². The minimum absolute atomic E-state index is 0.238. The fourth-order valence-electron chi connectivity index (χ4n) is 1.35. The number of nitrogens with zero attached hydrogens (tertiary/aromatic N) is 2. The molecule has 0 aromatic carbocycles. The van der Waals surface area contributed by atoms with E-state index in [2.05, 4.69) is 20.6 Å². The quantitative estimate of drug-likeness (QED) is 0.707. The van der Waals surface area contributed by atoms with E-state index in [1.54, 1.807) is 20.4 Å². The number of hydrogen-bond acceptors (Lipinski definition) is 6. The minimum atomic E-state index is -0.248. The minimum Gasteiger partial charge on any atom is -0.357 e. The Kier molecular flexibility index (Phi) is 2.47. The van der Waals surface area contributed by atoms with Gasteiger partial charge in [0.25, 0.3) is 0 Å². The monoisotopic (exact) mass is 196 g/mol. The van der Waals surface area contributed by atoms with Gasteiger partial charge in [-0.25, -0.2) is 9.97 Å². The van der Waals surface area contributed by atoms with Gasteiger partial charge in [-0.2, -0.15) is 0 Å². The molecule has 0 radical (unpaired) electrons. The number of nitrogens with one attached hydrogen (secondary N) is 2. The second-order valence-corrected chi connectivity index (χ2v) is 2.89. The normalized spacial score (nSPS) is 24.7. The van der Waals surface area contributed by atoms with Gasteiger partial charge in [-0.05, 0) is 0 Å². The Hall–Kier alpha value is -1.40. The molecule has 1 aromatic rings. The third-order valence-corrected chi connectivity index (χ3v) is 2.07. The molecule has 2 heterocycles. The zero-order chi connectivity index (χ0) is 9.97. The molecule has 6 heteroatoms. The summed E-state index contributed by atoms with van der Waals surface area (Å²) in [5.41, 5.74) is 0.813. The number of hydrogen-bond donors (Lipinski definition) is 2. The third kappa shape index (κ3) is 1.49. The first-order valence-electron chi connectivity index (χ1n) is 4.24. The van der Waals surface area contributed by atoms with E-state index in [1.807, 2.05) is 0 Å². The highest BCUT2D eigenvalue weighted by atomic mass is 16.5. The maximum atomic E-state index is 5.20. The smallest absolute Gasteiger partial charge is 0.173 e. The molecule has 0 bridgehead atoms. The van der Waals surface area contributed by atoms with Gasteiger partial charge in [0.15, 0.2) is 18.3 Å². The number of rotatable bonds is 2. The Bertz CT molecular complexity index is 289. The van der Waals surface area contributed by atoms with Crippen LogP contribution in [0.15, 0.2) is 12.5 Å². The predicted molar refractivity (Wildman–Crippen MR) is 50.9 cm³/mol. The third-order valence-electron chi connectivity index (χ3n) is 2.07. The standard InChI is InChI=1S/C8H12N4O2/c1-13-7-8(14-2)12-6-5(11-7)3-9-4-10-6/h3-4,7-8,11H,1-2H3,(H,9,10,12). The van der Waals surface area contributed by atoms with Crippen molar-refractivity contribution in [3.8, 4) is 0 Å². The second kappa shape index (κ2) is 3.77. The van der Waals surface area contributed by atoms with Gasteiger partial charge in [-0.3, -0.25) is 0 Å². The molecule has 1 aliphatic heterocycles. The van der Waals surface area contributed by atoms with E-state index in [4.69, 9.17) is 9.47 Å². The molecule has 0 saturated carbocycles. The molecule has 0 amide bonds. The van der Waals surface area contributed by atoms with Crippen molar-refractivity contribution in [1.82, 2.24) is 9.97 Å². The van der Waals surface area contributed by atoms with Gasteiger partial charge in [-0.1, -0.05) is 0 Å². The van der Waals surface area contributed by atoms with E-state index < -0.39 is 0 Å². The molecule has 2 N–H and O–H groups in total. The van der Waals surface area contributed by atoms with Gasteiger partial charge in [-0.15, -0.1) is 0 Å². The summed E-state index contributed by atoms with van der Waals surface area (Å²) in [6, 6.07) is 0. The number of methoxy groups -OCH3 is 2. The first-order chi connectivity index (χ1) is 6.85. The van der Waals surface area contributed by atoms with Crippen LogP contribution in [0.5, 0.6) is 0 Å². The lowest BCUT2D eigenvalue weighted by molar-refractivity contribution is -0.00830. The summed E-state index contributed by atoms with van der Waals surface area (Å²) in [6.45, 7) is 0. The zero-order valence-corrected chi connectivity index (χ0v) is 8.02. The van der Waals surface area contributed by atoms with Crippen LogP contribution in [0.2, 0.25) is 0 Å². The highest BCUT2D eigenvalue weighted by Crippen LogP contribution is 2.25. The molecule has 2 atom stereocenters. The van der Waals surface area contributed by atoms with Crippen molar-refractivity contribution in [2.45, 2.75) is 12.5 Å². The number of aromatic nitrogens is 2. The van der Waals surface area contributed by atoms with Crippen LogP contribution in [-0.4, -0.2) is 36.6 Å². The maximum absolute atomic E-state index is 5.20. The highest BCUT2D eigenvalue weighted by Gasteiger charge is 2.27. The average Bonchev–Trinajstić information content (AvgIpc) is 2.27. The lowest BCUT2D eigenvalue weighted by Gasteiger charge is -2.32. The fourth-order valence-corrected chi connectivity index (χ4v) is 1.35. The van der Waals surface area contributed by atoms with Gasteiger partial charge in [0.2, 0.25) is 0 Å². The summed E-state index contributed by atoms with van der Waals surface area (Å²) in [5.74, 6) is 0.722. The Labute approximate surface area is 81.7 Å². The SMILES string of the molecule is COC1Nc2cncnc2NC1OC. The van der Waals surface area contributed by atoms with Crippen molar-refractivity contribution in [2.75, 3.05) is 24.9 Å². The molecular formula is C8H12N4O2. The molecule has 1 aliphatic rings. The number of anilines is 2. The Morgan fingerprint density at radius 1 is 1.21 bits per heavy atom. The summed E-state index contributed by atoms with van der Waals surface area (Å²) in [7, 11) is 3.22. The lowest BCUT2D eigenvalue weighted by Crippen LogP contribution is -2.45. The molecule has 1 aromatic heterocycles. The number of ether oxygens (including phenoxy) is 2. The van der Waals surface area contributed by atoms with Gasteiger partial charge >= 0.3 is 0 Å². The fraction of sp³-hybridized carbons (Fsp3) is 0.500. The van der Waals surface area contributed by atoms with Crippen molar-refractivity contribution < 1.29 is 9.47 Å². The van der Waals surface area contributed by atoms with E-state index in [0.29, 0.717) is 0 Å². The summed E-state index contributed by atoms with van der Waals surface area (Å²) >= 11 is 0. The van der Waals surface area contributed by atoms with Crippen LogP contribution in [0.3, 0.4) is 0 Å². The van der Waals surface area contributed by atoms with Gasteiger partial charge in [0, 0.05) is 14.2 Å². The predicted octanol–water partition coefficient (Wildman–Crippen LogP) is 0.259. The van der Waals surface area contributed by atoms with E-state index >= 15 is 0 Å². The highest BCUT2D eigenvalue weighted by molar-refractivity contribution is 5.65. The van der Waals surface area contributed by atoms with Crippen LogP contribution in [0.25, 0.3) is 0 Å². The molecule has 0 aliphatic carbocycles. The van der Waals surface area contributed by atoms with Gasteiger partial charge < -0.3 is 20.1 Å². The molecular weight excluding hydrogens is 184 g/mol. The molecule has 0 saturated heterocycles. The maximum Gasteiger partial charge on any atom is 0.173 e. The van der Waals surface area contributed by atoms with E-state index in [-0.39, 0.29) is 12.5 Å². The molecule has 2 rings (SSSR count). The van der Waals surface area contributed by atoms with Crippen LogP contribution in [-0.2, 0) is 9.47 Å². The van der Waals surface area contributed by atoms with Gasteiger partial charge in [0.05, 0.1) is 11.9 Å². The average molecular weight is 196 g/mol. The van der Waals surface area contributed by atoms with Crippen molar-refractivity contribution in [3.05, 3.63) is 12.5 Å².